The monoisotopic (exact) mass is 272 g/mol. The Bertz CT molecular complexity index is 738. The van der Waals surface area contributed by atoms with Crippen LogP contribution in [0, 0.1) is 13.8 Å². The van der Waals surface area contributed by atoms with E-state index in [0.717, 1.165) is 16.7 Å². The summed E-state index contributed by atoms with van der Waals surface area (Å²) in [6.07, 6.45) is 0. The van der Waals surface area contributed by atoms with Gasteiger partial charge in [-0.2, -0.15) is 0 Å². The van der Waals surface area contributed by atoms with Gasteiger partial charge in [0, 0.05) is 5.56 Å². The van der Waals surface area contributed by atoms with Crippen LogP contribution >= 0.6 is 11.6 Å². The molecule has 0 atom stereocenters. The van der Waals surface area contributed by atoms with Crippen molar-refractivity contribution in [1.82, 2.24) is 4.98 Å². The first-order valence-corrected chi connectivity index (χ1v) is 6.35. The fourth-order valence-corrected chi connectivity index (χ4v) is 2.10. The summed E-state index contributed by atoms with van der Waals surface area (Å²) >= 11 is 5.91. The zero-order valence-corrected chi connectivity index (χ0v) is 11.5. The predicted molar refractivity (Wildman–Crippen MR) is 78.3 cm³/mol. The lowest BCUT2D eigenvalue weighted by Gasteiger charge is -1.99. The van der Waals surface area contributed by atoms with Crippen LogP contribution in [-0.4, -0.2) is 4.98 Å². The maximum Gasteiger partial charge on any atom is 0.227 e. The van der Waals surface area contributed by atoms with Crippen molar-refractivity contribution in [2.45, 2.75) is 13.8 Å². The van der Waals surface area contributed by atoms with E-state index in [1.54, 1.807) is 12.1 Å². The van der Waals surface area contributed by atoms with Crippen LogP contribution in [0.5, 0.6) is 0 Å². The summed E-state index contributed by atoms with van der Waals surface area (Å²) in [5, 5.41) is 0.534. The molecule has 2 N–H and O–H groups in total. The molecule has 0 bridgehead atoms. The lowest BCUT2D eigenvalue weighted by atomic mass is 10.1. The van der Waals surface area contributed by atoms with Gasteiger partial charge in [-0.25, -0.2) is 4.98 Å². The molecule has 0 aliphatic rings. The lowest BCUT2D eigenvalue weighted by molar-refractivity contribution is 0.619. The third kappa shape index (κ3) is 2.06. The summed E-state index contributed by atoms with van der Waals surface area (Å²) in [4.78, 5) is 4.49. The number of aromatic nitrogens is 1. The molecule has 0 aliphatic carbocycles. The van der Waals surface area contributed by atoms with Crippen molar-refractivity contribution in [3.8, 4) is 11.5 Å². The van der Waals surface area contributed by atoms with Gasteiger partial charge in [-0.05, 0) is 55.3 Å². The third-order valence-electron chi connectivity index (χ3n) is 3.25. The minimum atomic E-state index is 0.522. The molecule has 4 heteroatoms. The quantitative estimate of drug-likeness (QED) is 0.670. The van der Waals surface area contributed by atoms with E-state index in [2.05, 4.69) is 18.8 Å². The van der Waals surface area contributed by atoms with Gasteiger partial charge < -0.3 is 10.2 Å². The van der Waals surface area contributed by atoms with Gasteiger partial charge in [0.15, 0.2) is 5.58 Å². The van der Waals surface area contributed by atoms with Crippen LogP contribution in [-0.2, 0) is 0 Å². The van der Waals surface area contributed by atoms with E-state index in [9.17, 15) is 0 Å². The lowest BCUT2D eigenvalue weighted by Crippen LogP contribution is -1.87. The number of hydrogen-bond donors (Lipinski definition) is 1. The SMILES string of the molecule is Cc1cc2nc(-c3ccc(Cl)c(N)c3)oc2cc1C. The molecule has 3 rings (SSSR count). The van der Waals surface area contributed by atoms with Gasteiger partial charge in [-0.3, -0.25) is 0 Å². The van der Waals surface area contributed by atoms with E-state index in [4.69, 9.17) is 21.8 Å². The predicted octanol–water partition coefficient (Wildman–Crippen LogP) is 4.35. The molecule has 0 saturated carbocycles. The smallest absolute Gasteiger partial charge is 0.227 e. The number of hydrogen-bond acceptors (Lipinski definition) is 3. The number of nitrogens with zero attached hydrogens (tertiary/aromatic N) is 1. The third-order valence-corrected chi connectivity index (χ3v) is 3.59. The maximum absolute atomic E-state index is 5.91. The van der Waals surface area contributed by atoms with Crippen molar-refractivity contribution in [2.24, 2.45) is 0 Å². The fourth-order valence-electron chi connectivity index (χ4n) is 1.98. The summed E-state index contributed by atoms with van der Waals surface area (Å²) in [6, 6.07) is 9.39. The summed E-state index contributed by atoms with van der Waals surface area (Å²) in [5.41, 5.74) is 11.2. The second kappa shape index (κ2) is 4.28. The molecule has 0 radical (unpaired) electrons. The molecule has 0 saturated heterocycles. The Kier molecular flexibility index (Phi) is 2.72. The summed E-state index contributed by atoms with van der Waals surface area (Å²) in [5.74, 6) is 0.559. The van der Waals surface area contributed by atoms with Crippen LogP contribution in [0.15, 0.2) is 34.7 Å². The highest BCUT2D eigenvalue weighted by Gasteiger charge is 2.10. The molecule has 2 aromatic carbocycles. The number of oxazole rings is 1. The molecule has 3 nitrogen and oxygen atoms in total. The first-order valence-electron chi connectivity index (χ1n) is 5.98. The van der Waals surface area contributed by atoms with E-state index in [-0.39, 0.29) is 0 Å². The molecular formula is C15H13ClN2O. The average molecular weight is 273 g/mol. The highest BCUT2D eigenvalue weighted by atomic mass is 35.5. The topological polar surface area (TPSA) is 52.0 Å². The fraction of sp³-hybridized carbons (Fsp3) is 0.133. The summed E-state index contributed by atoms with van der Waals surface area (Å²) in [6.45, 7) is 4.11. The zero-order chi connectivity index (χ0) is 13.6. The molecule has 1 heterocycles. The van der Waals surface area contributed by atoms with Crippen molar-refractivity contribution in [2.75, 3.05) is 5.73 Å². The maximum atomic E-state index is 5.91. The molecule has 19 heavy (non-hydrogen) atoms. The number of halogens is 1. The van der Waals surface area contributed by atoms with Crippen molar-refractivity contribution >= 4 is 28.4 Å². The van der Waals surface area contributed by atoms with E-state index in [1.807, 2.05) is 18.2 Å². The molecule has 96 valence electrons. The Hall–Kier alpha value is -2.00. The number of fused-ring (bicyclic) bond motifs is 1. The molecule has 3 aromatic rings. The van der Waals surface area contributed by atoms with Crippen molar-refractivity contribution in [1.29, 1.82) is 0 Å². The molecule has 1 aromatic heterocycles. The average Bonchev–Trinajstić information content (AvgIpc) is 2.76. The standard InChI is InChI=1S/C15H13ClN2O/c1-8-5-13-14(6-9(8)2)19-15(18-13)10-3-4-11(16)12(17)7-10/h3-7H,17H2,1-2H3. The van der Waals surface area contributed by atoms with Gasteiger partial charge in [0.25, 0.3) is 0 Å². The van der Waals surface area contributed by atoms with Gasteiger partial charge in [0.1, 0.15) is 5.52 Å². The first kappa shape index (κ1) is 12.1. The Morgan fingerprint density at radius 1 is 1.11 bits per heavy atom. The second-order valence-electron chi connectivity index (χ2n) is 4.66. The number of nitrogens with two attached hydrogens (primary N) is 1. The van der Waals surface area contributed by atoms with Crippen LogP contribution in [0.25, 0.3) is 22.6 Å². The Labute approximate surface area is 116 Å². The Morgan fingerprint density at radius 3 is 2.58 bits per heavy atom. The minimum Gasteiger partial charge on any atom is -0.436 e. The number of rotatable bonds is 1. The number of aryl methyl sites for hydroxylation is 2. The van der Waals surface area contributed by atoms with E-state index in [1.165, 1.54) is 11.1 Å². The van der Waals surface area contributed by atoms with Gasteiger partial charge in [-0.1, -0.05) is 11.6 Å². The largest absolute Gasteiger partial charge is 0.436 e. The normalized spacial score (nSPS) is 11.1. The molecule has 0 amide bonds. The molecule has 0 aliphatic heterocycles. The first-order chi connectivity index (χ1) is 9.04. The van der Waals surface area contributed by atoms with Gasteiger partial charge in [0.05, 0.1) is 10.7 Å². The summed E-state index contributed by atoms with van der Waals surface area (Å²) < 4.78 is 5.78. The second-order valence-corrected chi connectivity index (χ2v) is 5.07. The number of anilines is 1. The van der Waals surface area contributed by atoms with Crippen LogP contribution in [0.3, 0.4) is 0 Å². The van der Waals surface area contributed by atoms with Gasteiger partial charge >= 0.3 is 0 Å². The van der Waals surface area contributed by atoms with Gasteiger partial charge in [0.2, 0.25) is 5.89 Å². The Balaban J connectivity index is 2.17. The van der Waals surface area contributed by atoms with Crippen LogP contribution in [0.1, 0.15) is 11.1 Å². The highest BCUT2D eigenvalue weighted by molar-refractivity contribution is 6.33. The van der Waals surface area contributed by atoms with E-state index < -0.39 is 0 Å². The molecule has 0 unspecified atom stereocenters. The van der Waals surface area contributed by atoms with Gasteiger partial charge in [-0.15, -0.1) is 0 Å². The van der Waals surface area contributed by atoms with E-state index >= 15 is 0 Å². The van der Waals surface area contributed by atoms with Crippen molar-refractivity contribution < 1.29 is 4.42 Å². The molecular weight excluding hydrogens is 260 g/mol. The molecule has 0 fully saturated rings. The van der Waals surface area contributed by atoms with Crippen molar-refractivity contribution in [3.63, 3.8) is 0 Å². The minimum absolute atomic E-state index is 0.522. The van der Waals surface area contributed by atoms with Crippen LogP contribution in [0.2, 0.25) is 5.02 Å². The van der Waals surface area contributed by atoms with Crippen LogP contribution in [0.4, 0.5) is 5.69 Å². The zero-order valence-electron chi connectivity index (χ0n) is 10.7. The number of nitrogen functional groups attached to an aromatic ring is 1. The summed E-state index contributed by atoms with van der Waals surface area (Å²) in [7, 11) is 0. The number of benzene rings is 2. The van der Waals surface area contributed by atoms with Crippen LogP contribution < -0.4 is 5.73 Å². The Morgan fingerprint density at radius 2 is 1.84 bits per heavy atom. The molecule has 0 spiro atoms. The van der Waals surface area contributed by atoms with E-state index in [0.29, 0.717) is 16.6 Å². The highest BCUT2D eigenvalue weighted by Crippen LogP contribution is 2.29. The van der Waals surface area contributed by atoms with Crippen molar-refractivity contribution in [3.05, 3.63) is 46.5 Å².